The fourth-order valence-electron chi connectivity index (χ4n) is 2.24. The standard InChI is InChI=1S/C16H15N3O/c17-19-14-8-9-15(13-7-4-10-18-16(13)14)20-11-12-5-2-1-3-6-12/h1-10,16H,11,17H2. The lowest BCUT2D eigenvalue weighted by Gasteiger charge is -2.23. The highest BCUT2D eigenvalue weighted by atomic mass is 16.5. The van der Waals surface area contributed by atoms with Crippen LogP contribution in [0.25, 0.3) is 0 Å². The largest absolute Gasteiger partial charge is 0.489 e. The maximum absolute atomic E-state index is 5.90. The van der Waals surface area contributed by atoms with Gasteiger partial charge in [0.15, 0.2) is 0 Å². The molecule has 0 fully saturated rings. The van der Waals surface area contributed by atoms with Crippen LogP contribution < -0.4 is 5.84 Å². The molecule has 0 saturated heterocycles. The molecule has 20 heavy (non-hydrogen) atoms. The Labute approximate surface area is 117 Å². The van der Waals surface area contributed by atoms with Gasteiger partial charge in [-0.15, -0.1) is 0 Å². The van der Waals surface area contributed by atoms with E-state index < -0.39 is 0 Å². The number of hydrogen-bond donors (Lipinski definition) is 1. The first-order chi connectivity index (χ1) is 9.88. The number of ether oxygens (including phenoxy) is 1. The molecular formula is C16H15N3O. The van der Waals surface area contributed by atoms with E-state index in [4.69, 9.17) is 10.6 Å². The summed E-state index contributed by atoms with van der Waals surface area (Å²) in [7, 11) is 0. The van der Waals surface area contributed by atoms with Gasteiger partial charge < -0.3 is 10.6 Å². The fraction of sp³-hybridized carbons (Fsp3) is 0.125. The number of aliphatic imine (C=N–C) groups is 1. The highest BCUT2D eigenvalue weighted by Gasteiger charge is 2.25. The molecule has 4 heteroatoms. The summed E-state index contributed by atoms with van der Waals surface area (Å²) in [6.45, 7) is 0.531. The molecule has 1 heterocycles. The predicted molar refractivity (Wildman–Crippen MR) is 80.4 cm³/mol. The third-order valence-electron chi connectivity index (χ3n) is 3.25. The number of rotatable bonds is 3. The molecule has 2 aliphatic rings. The lowest BCUT2D eigenvalue weighted by Crippen LogP contribution is -2.26. The number of nitrogens with zero attached hydrogens (tertiary/aromatic N) is 2. The molecule has 4 nitrogen and oxygen atoms in total. The summed E-state index contributed by atoms with van der Waals surface area (Å²) < 4.78 is 5.90. The monoisotopic (exact) mass is 265 g/mol. The van der Waals surface area contributed by atoms with E-state index >= 15 is 0 Å². The van der Waals surface area contributed by atoms with E-state index in [-0.39, 0.29) is 6.04 Å². The smallest absolute Gasteiger partial charge is 0.125 e. The summed E-state index contributed by atoms with van der Waals surface area (Å²) in [5, 5.41) is 3.78. The van der Waals surface area contributed by atoms with Gasteiger partial charge in [-0.25, -0.2) is 0 Å². The SMILES string of the molecule is NN=C1C=CC(OCc2ccccc2)=C2C=CC=NC12. The quantitative estimate of drug-likeness (QED) is 0.673. The van der Waals surface area contributed by atoms with Crippen LogP contribution in [0.2, 0.25) is 0 Å². The molecule has 1 atom stereocenters. The van der Waals surface area contributed by atoms with Gasteiger partial charge in [-0.2, -0.15) is 5.10 Å². The number of benzene rings is 1. The van der Waals surface area contributed by atoms with Crippen LogP contribution >= 0.6 is 0 Å². The average Bonchev–Trinajstić information content (AvgIpc) is 2.53. The van der Waals surface area contributed by atoms with Crippen molar-refractivity contribution in [2.24, 2.45) is 15.9 Å². The molecule has 1 aromatic carbocycles. The van der Waals surface area contributed by atoms with Crippen LogP contribution in [-0.2, 0) is 11.3 Å². The molecule has 0 radical (unpaired) electrons. The van der Waals surface area contributed by atoms with Gasteiger partial charge in [0.25, 0.3) is 0 Å². The molecule has 0 saturated carbocycles. The minimum Gasteiger partial charge on any atom is -0.489 e. The van der Waals surface area contributed by atoms with Gasteiger partial charge in [-0.1, -0.05) is 36.4 Å². The second kappa shape index (κ2) is 5.57. The normalized spacial score (nSPS) is 22.2. The van der Waals surface area contributed by atoms with Crippen molar-refractivity contribution in [2.75, 3.05) is 0 Å². The Morgan fingerprint density at radius 1 is 1.15 bits per heavy atom. The highest BCUT2D eigenvalue weighted by molar-refractivity contribution is 6.05. The Morgan fingerprint density at radius 3 is 2.80 bits per heavy atom. The summed E-state index contributed by atoms with van der Waals surface area (Å²) in [6, 6.07) is 9.92. The number of hydrogen-bond acceptors (Lipinski definition) is 4. The van der Waals surface area contributed by atoms with Gasteiger partial charge in [0, 0.05) is 11.8 Å². The molecule has 0 aromatic heterocycles. The average molecular weight is 265 g/mol. The van der Waals surface area contributed by atoms with Crippen LogP contribution in [0.15, 0.2) is 76.1 Å². The van der Waals surface area contributed by atoms with Crippen molar-refractivity contribution in [3.8, 4) is 0 Å². The maximum Gasteiger partial charge on any atom is 0.125 e. The van der Waals surface area contributed by atoms with E-state index in [1.54, 1.807) is 6.21 Å². The third kappa shape index (κ3) is 2.40. The van der Waals surface area contributed by atoms with Crippen molar-refractivity contribution >= 4 is 11.9 Å². The summed E-state index contributed by atoms with van der Waals surface area (Å²) >= 11 is 0. The minimum absolute atomic E-state index is 0.152. The van der Waals surface area contributed by atoms with Crippen LogP contribution in [0.3, 0.4) is 0 Å². The molecule has 1 unspecified atom stereocenters. The van der Waals surface area contributed by atoms with Gasteiger partial charge in [0.2, 0.25) is 0 Å². The van der Waals surface area contributed by atoms with E-state index in [1.807, 2.05) is 54.6 Å². The van der Waals surface area contributed by atoms with Gasteiger partial charge in [0.1, 0.15) is 18.4 Å². The van der Waals surface area contributed by atoms with E-state index in [0.717, 1.165) is 22.6 Å². The van der Waals surface area contributed by atoms with E-state index in [0.29, 0.717) is 6.61 Å². The molecule has 3 rings (SSSR count). The number of fused-ring (bicyclic) bond motifs is 1. The molecule has 1 aliphatic carbocycles. The Bertz CT molecular complexity index is 639. The van der Waals surface area contributed by atoms with Crippen molar-refractivity contribution in [1.82, 2.24) is 0 Å². The number of nitrogens with two attached hydrogens (primary N) is 1. The van der Waals surface area contributed by atoms with Gasteiger partial charge in [-0.05, 0) is 23.8 Å². The second-order valence-corrected chi connectivity index (χ2v) is 4.54. The van der Waals surface area contributed by atoms with Crippen LogP contribution in [0, 0.1) is 0 Å². The Balaban J connectivity index is 1.82. The Kier molecular flexibility index (Phi) is 3.46. The van der Waals surface area contributed by atoms with Gasteiger partial charge >= 0.3 is 0 Å². The van der Waals surface area contributed by atoms with E-state index in [2.05, 4.69) is 10.1 Å². The Hall–Kier alpha value is -2.62. The number of dihydropyridines is 1. The molecule has 0 amide bonds. The van der Waals surface area contributed by atoms with Crippen LogP contribution in [0.1, 0.15) is 5.56 Å². The zero-order valence-corrected chi connectivity index (χ0v) is 10.9. The lowest BCUT2D eigenvalue weighted by atomic mass is 9.94. The molecule has 1 aromatic rings. The Morgan fingerprint density at radius 2 is 2.00 bits per heavy atom. The molecule has 2 N–H and O–H groups in total. The topological polar surface area (TPSA) is 60.0 Å². The van der Waals surface area contributed by atoms with Crippen LogP contribution in [-0.4, -0.2) is 18.0 Å². The molecule has 100 valence electrons. The predicted octanol–water partition coefficient (Wildman–Crippen LogP) is 2.35. The van der Waals surface area contributed by atoms with Crippen molar-refractivity contribution in [3.05, 3.63) is 71.5 Å². The van der Waals surface area contributed by atoms with E-state index in [1.165, 1.54) is 0 Å². The zero-order chi connectivity index (χ0) is 13.8. The van der Waals surface area contributed by atoms with E-state index in [9.17, 15) is 0 Å². The lowest BCUT2D eigenvalue weighted by molar-refractivity contribution is 0.207. The summed E-state index contributed by atoms with van der Waals surface area (Å²) in [6.07, 6.45) is 9.39. The summed E-state index contributed by atoms with van der Waals surface area (Å²) in [4.78, 5) is 4.40. The number of allylic oxidation sites excluding steroid dienone is 2. The van der Waals surface area contributed by atoms with Crippen LogP contribution in [0.5, 0.6) is 0 Å². The molecular weight excluding hydrogens is 250 g/mol. The molecule has 1 aliphatic heterocycles. The van der Waals surface area contributed by atoms with Crippen molar-refractivity contribution in [2.45, 2.75) is 12.6 Å². The van der Waals surface area contributed by atoms with Gasteiger partial charge in [-0.3, -0.25) is 4.99 Å². The summed E-state index contributed by atoms with van der Waals surface area (Å²) in [5.41, 5.74) is 2.87. The van der Waals surface area contributed by atoms with Crippen molar-refractivity contribution < 1.29 is 4.74 Å². The number of hydrazone groups is 1. The molecule has 0 spiro atoms. The van der Waals surface area contributed by atoms with Crippen molar-refractivity contribution in [1.29, 1.82) is 0 Å². The second-order valence-electron chi connectivity index (χ2n) is 4.54. The fourth-order valence-corrected chi connectivity index (χ4v) is 2.24. The third-order valence-corrected chi connectivity index (χ3v) is 3.25. The highest BCUT2D eigenvalue weighted by Crippen LogP contribution is 2.25. The zero-order valence-electron chi connectivity index (χ0n) is 10.9. The first kappa shape index (κ1) is 12.4. The van der Waals surface area contributed by atoms with Gasteiger partial charge in [0.05, 0.1) is 5.71 Å². The first-order valence-corrected chi connectivity index (χ1v) is 6.45. The maximum atomic E-state index is 5.90. The minimum atomic E-state index is -0.152. The molecule has 0 bridgehead atoms. The van der Waals surface area contributed by atoms with Crippen LogP contribution in [0.4, 0.5) is 0 Å². The summed E-state index contributed by atoms with van der Waals surface area (Å²) in [5.74, 6) is 6.21. The van der Waals surface area contributed by atoms with Crippen molar-refractivity contribution in [3.63, 3.8) is 0 Å². The first-order valence-electron chi connectivity index (χ1n) is 6.45.